The van der Waals surface area contributed by atoms with Crippen molar-refractivity contribution in [2.75, 3.05) is 67.1 Å². The number of carbonyl (C=O) groups is 6. The Kier molecular flexibility index (Phi) is 27.7. The van der Waals surface area contributed by atoms with Crippen molar-refractivity contribution in [1.29, 1.82) is 0 Å². The minimum atomic E-state index is -0.501. The van der Waals surface area contributed by atoms with E-state index < -0.39 is 18.1 Å². The van der Waals surface area contributed by atoms with Gasteiger partial charge in [-0.25, -0.2) is 9.59 Å². The Balaban J connectivity index is 0.000000127. The predicted octanol–water partition coefficient (Wildman–Crippen LogP) is 21.7. The SMILES string of the molecule is COC(=O)CCC(=O)N1CCc2c([nH]c3ccc(Cl)cc23)C1c1ccc(OC)cc1.COc1ccc(C2c3[nH]c4ccc(Cl)cc4c3CCN2C(=O)CCCl)cc1.COc1ccc(C2c3[nH]c4ccc(Cl)cc4c3CCN2C(=O)Cc2ccccc2)cc1.O=C(COc1ccc(C2c3[nH]c4ccc(Cl)cc4c3CCN2C(=O)Oc2ccccc2)cc1)Oc1ccccc1. The highest BCUT2D eigenvalue weighted by Crippen LogP contribution is 2.46. The highest BCUT2D eigenvalue weighted by Gasteiger charge is 2.40. The first-order chi connectivity index (χ1) is 62.3. The van der Waals surface area contributed by atoms with Gasteiger partial charge in [-0.2, -0.15) is 0 Å². The molecule has 4 unspecified atom stereocenters. The van der Waals surface area contributed by atoms with Crippen molar-refractivity contribution in [1.82, 2.24) is 39.5 Å². The van der Waals surface area contributed by atoms with Crippen LogP contribution in [0.15, 0.2) is 261 Å². The lowest BCUT2D eigenvalue weighted by Crippen LogP contribution is -2.42. The van der Waals surface area contributed by atoms with Crippen molar-refractivity contribution in [2.45, 2.75) is 75.5 Å². The Morgan fingerprint density at radius 1 is 0.336 bits per heavy atom. The molecule has 0 aliphatic carbocycles. The number of methoxy groups -OCH3 is 4. The van der Waals surface area contributed by atoms with Crippen molar-refractivity contribution in [3.8, 4) is 34.5 Å². The van der Waals surface area contributed by atoms with E-state index in [0.29, 0.717) is 90.1 Å². The van der Waals surface area contributed by atoms with Gasteiger partial charge in [0.15, 0.2) is 6.61 Å². The molecule has 21 nitrogen and oxygen atoms in total. The van der Waals surface area contributed by atoms with Crippen LogP contribution in [0.1, 0.15) is 116 Å². The quantitative estimate of drug-likeness (QED) is 0.0335. The molecule has 8 heterocycles. The van der Waals surface area contributed by atoms with Crippen LogP contribution in [0.25, 0.3) is 43.6 Å². The van der Waals surface area contributed by atoms with Crippen LogP contribution in [0.4, 0.5) is 4.79 Å². The number of aromatic amines is 4. The molecule has 26 heteroatoms. The molecule has 0 saturated heterocycles. The molecule has 0 bridgehead atoms. The third kappa shape index (κ3) is 19.7. The summed E-state index contributed by atoms with van der Waals surface area (Å²) in [7, 11) is 6.25. The number of amides is 4. The number of hydrogen-bond donors (Lipinski definition) is 4. The second kappa shape index (κ2) is 40.2. The van der Waals surface area contributed by atoms with Gasteiger partial charge in [0.25, 0.3) is 0 Å². The Morgan fingerprint density at radius 3 is 1.01 bits per heavy atom. The van der Waals surface area contributed by atoms with Gasteiger partial charge in [-0.1, -0.05) is 162 Å². The molecule has 4 aromatic heterocycles. The van der Waals surface area contributed by atoms with Crippen molar-refractivity contribution in [2.24, 2.45) is 0 Å². The van der Waals surface area contributed by atoms with Crippen LogP contribution >= 0.6 is 58.0 Å². The lowest BCUT2D eigenvalue weighted by atomic mass is 9.91. The van der Waals surface area contributed by atoms with Crippen LogP contribution in [0, 0.1) is 0 Å². The van der Waals surface area contributed by atoms with Gasteiger partial charge in [0, 0.05) is 131 Å². The summed E-state index contributed by atoms with van der Waals surface area (Å²) < 4.78 is 37.3. The summed E-state index contributed by atoms with van der Waals surface area (Å²) in [5.41, 5.74) is 17.7. The molecule has 4 N–H and O–H groups in total. The molecule has 15 aromatic rings. The topological polar surface area (TPSA) is 243 Å². The second-order valence-electron chi connectivity index (χ2n) is 31.2. The van der Waals surface area contributed by atoms with E-state index in [1.165, 1.54) is 23.8 Å². The number of hydrogen-bond acceptors (Lipinski definition) is 13. The Labute approximate surface area is 764 Å². The molecule has 652 valence electrons. The van der Waals surface area contributed by atoms with Gasteiger partial charge in [-0.15, -0.1) is 11.6 Å². The molecule has 4 aliphatic heterocycles. The molecule has 128 heavy (non-hydrogen) atoms. The molecule has 4 atom stereocenters. The number of benzene rings is 11. The van der Waals surface area contributed by atoms with Gasteiger partial charge in [0.2, 0.25) is 17.7 Å². The summed E-state index contributed by atoms with van der Waals surface area (Å²) in [5, 5.41) is 7.16. The third-order valence-corrected chi connectivity index (χ3v) is 24.7. The van der Waals surface area contributed by atoms with E-state index in [9.17, 15) is 28.8 Å². The van der Waals surface area contributed by atoms with Gasteiger partial charge in [-0.3, -0.25) is 24.1 Å². The first kappa shape index (κ1) is 88.3. The first-order valence-electron chi connectivity index (χ1n) is 42.0. The largest absolute Gasteiger partial charge is 0.497 e. The summed E-state index contributed by atoms with van der Waals surface area (Å²) >= 11 is 30.9. The summed E-state index contributed by atoms with van der Waals surface area (Å²) in [5.74, 6) is 3.32. The van der Waals surface area contributed by atoms with Crippen LogP contribution in [0.2, 0.25) is 20.1 Å². The van der Waals surface area contributed by atoms with Crippen LogP contribution < -0.4 is 28.4 Å². The number of nitrogens with one attached hydrogen (secondary N) is 4. The number of ether oxygens (including phenoxy) is 7. The Hall–Kier alpha value is -13.2. The monoisotopic (exact) mass is 1810 g/mol. The maximum atomic E-state index is 13.4. The minimum absolute atomic E-state index is 0.0631. The number of carbonyl (C=O) groups excluding carboxylic acids is 6. The van der Waals surface area contributed by atoms with E-state index in [4.69, 9.17) is 91.2 Å². The summed E-state index contributed by atoms with van der Waals surface area (Å²) in [6.07, 6.45) is 3.40. The van der Waals surface area contributed by atoms with E-state index in [1.54, 1.807) is 74.8 Å². The lowest BCUT2D eigenvalue weighted by Gasteiger charge is -2.36. The fourth-order valence-electron chi connectivity index (χ4n) is 17.5. The molecule has 4 aliphatic rings. The fourth-order valence-corrected chi connectivity index (χ4v) is 18.4. The number of aromatic nitrogens is 4. The van der Waals surface area contributed by atoms with Gasteiger partial charge in [-0.05, 0) is 221 Å². The molecule has 0 saturated carbocycles. The summed E-state index contributed by atoms with van der Waals surface area (Å²) in [6, 6.07) is 80.9. The zero-order valence-electron chi connectivity index (χ0n) is 70.5. The van der Waals surface area contributed by atoms with Crippen LogP contribution in [0.5, 0.6) is 34.5 Å². The molecule has 4 amide bonds. The van der Waals surface area contributed by atoms with Gasteiger partial charge < -0.3 is 67.8 Å². The highest BCUT2D eigenvalue weighted by molar-refractivity contribution is 6.32. The van der Waals surface area contributed by atoms with E-state index in [0.717, 1.165) is 135 Å². The first-order valence-corrected chi connectivity index (χ1v) is 44.1. The fraction of sp³-hybridized carbons (Fsp3) is 0.216. The number of esters is 2. The number of halogens is 5. The van der Waals surface area contributed by atoms with E-state index in [1.807, 2.05) is 227 Å². The number of fused-ring (bicyclic) bond motifs is 12. The number of nitrogens with zero attached hydrogens (tertiary/aromatic N) is 4. The average molecular weight is 1810 g/mol. The molecular formula is C102H91Cl5N8O13. The molecule has 19 rings (SSSR count). The van der Waals surface area contributed by atoms with Gasteiger partial charge in [0.05, 0.1) is 59.4 Å². The van der Waals surface area contributed by atoms with Gasteiger partial charge in [0.1, 0.15) is 40.5 Å². The number of H-pyrrole nitrogens is 4. The standard InChI is InChI=1S/C32H25ClN2O5.C26H23ClN2O2.C23H23ClN2O4.C21H20Cl2N2O2/c33-22-13-16-28-27(19-22)26-17-18-35(32(37)40-25-9-5-2-6-10-25)31(30(26)34-28)21-11-14-23(15-12-21)38-20-29(36)39-24-7-3-1-4-8-24;1-31-20-10-7-18(8-11-20)26-25-21(22-16-19(27)9-12-23(22)28-25)13-14-29(26)24(30)15-17-5-3-2-4-6-17;1-29-16-6-3-14(4-7-16)23-22-17(18-13-15(24)5-8-19(18)25-22)11-12-26(23)20(27)9-10-21(28)30-2;1-27-15-5-2-13(3-6-15)21-20-16(9-11-25(21)19(26)8-10-22)17-12-14(23)4-7-18(17)24-20/h1-16,19,31,34H,17-18,20H2;2-12,16,26,28H,13-15H2,1H3;3-8,13,23,25H,9-12H2,1-2H3;2-7,12,21,24H,8-11H2,1H3. The predicted molar refractivity (Wildman–Crippen MR) is 499 cm³/mol. The molecule has 0 radical (unpaired) electrons. The highest BCUT2D eigenvalue weighted by atomic mass is 35.5. The zero-order valence-corrected chi connectivity index (χ0v) is 74.3. The Morgan fingerprint density at radius 2 is 0.656 bits per heavy atom. The number of para-hydroxylation sites is 2. The normalized spacial score (nSPS) is 15.4. The van der Waals surface area contributed by atoms with Crippen LogP contribution in [-0.4, -0.2) is 142 Å². The summed E-state index contributed by atoms with van der Waals surface area (Å²) in [6.45, 7) is 2.10. The van der Waals surface area contributed by atoms with Crippen LogP contribution in [0.3, 0.4) is 0 Å². The van der Waals surface area contributed by atoms with Crippen molar-refractivity contribution >= 4 is 137 Å². The third-order valence-electron chi connectivity index (χ3n) is 23.6. The maximum Gasteiger partial charge on any atom is 0.416 e. The lowest BCUT2D eigenvalue weighted by molar-refractivity contribution is -0.144. The molecular weight excluding hydrogens is 1720 g/mol. The van der Waals surface area contributed by atoms with E-state index in [-0.39, 0.29) is 61.3 Å². The molecule has 11 aromatic carbocycles. The molecule has 0 fully saturated rings. The Bertz CT molecular complexity index is 6510. The van der Waals surface area contributed by atoms with E-state index in [2.05, 4.69) is 19.9 Å². The smallest absolute Gasteiger partial charge is 0.416 e. The van der Waals surface area contributed by atoms with Crippen molar-refractivity contribution < 1.29 is 61.9 Å². The zero-order chi connectivity index (χ0) is 89.1. The van der Waals surface area contributed by atoms with Crippen molar-refractivity contribution in [3.63, 3.8) is 0 Å². The van der Waals surface area contributed by atoms with Crippen LogP contribution in [-0.2, 0) is 60.8 Å². The minimum Gasteiger partial charge on any atom is -0.497 e. The summed E-state index contributed by atoms with van der Waals surface area (Å²) in [4.78, 5) is 98.0. The van der Waals surface area contributed by atoms with E-state index >= 15 is 0 Å². The number of rotatable bonds is 19. The molecule has 0 spiro atoms. The number of alkyl halides is 1. The second-order valence-corrected chi connectivity index (χ2v) is 33.3. The average Bonchev–Trinajstić information content (AvgIpc) is 1.60. The maximum absolute atomic E-state index is 13.4. The van der Waals surface area contributed by atoms with Gasteiger partial charge >= 0.3 is 18.0 Å². The van der Waals surface area contributed by atoms with Crippen molar-refractivity contribution in [3.05, 3.63) is 354 Å².